The van der Waals surface area contributed by atoms with Crippen molar-refractivity contribution in [1.29, 1.82) is 0 Å². The van der Waals surface area contributed by atoms with Gasteiger partial charge in [0.1, 0.15) is 0 Å². The first-order valence-electron chi connectivity index (χ1n) is 7.04. The van der Waals surface area contributed by atoms with E-state index in [0.717, 1.165) is 12.5 Å². The van der Waals surface area contributed by atoms with Gasteiger partial charge in [-0.05, 0) is 37.2 Å². The Balaban J connectivity index is 1.74. The van der Waals surface area contributed by atoms with E-state index in [1.54, 1.807) is 7.11 Å². The highest BCUT2D eigenvalue weighted by Gasteiger charge is 2.19. The summed E-state index contributed by atoms with van der Waals surface area (Å²) in [6.07, 6.45) is 8.65. The molecule has 0 aromatic carbocycles. The number of aromatic nitrogens is 1. The van der Waals surface area contributed by atoms with Gasteiger partial charge in [0.05, 0.1) is 7.11 Å². The van der Waals surface area contributed by atoms with Crippen LogP contribution in [0.2, 0.25) is 0 Å². The third-order valence-corrected chi connectivity index (χ3v) is 4.03. The summed E-state index contributed by atoms with van der Waals surface area (Å²) >= 11 is 0. The molecule has 1 fully saturated rings. The van der Waals surface area contributed by atoms with Crippen LogP contribution in [-0.4, -0.2) is 18.1 Å². The summed E-state index contributed by atoms with van der Waals surface area (Å²) in [6.45, 7) is 3.22. The van der Waals surface area contributed by atoms with E-state index in [0.29, 0.717) is 11.9 Å². The Kier molecular flexibility index (Phi) is 5.00. The summed E-state index contributed by atoms with van der Waals surface area (Å²) < 4.78 is 5.06. The van der Waals surface area contributed by atoms with Crippen molar-refractivity contribution < 1.29 is 4.74 Å². The largest absolute Gasteiger partial charge is 0.481 e. The van der Waals surface area contributed by atoms with E-state index < -0.39 is 0 Å². The van der Waals surface area contributed by atoms with Crippen molar-refractivity contribution in [2.75, 3.05) is 7.11 Å². The Hall–Kier alpha value is -1.09. The molecular weight excluding hydrogens is 224 g/mol. The SMILES string of the molecule is CCC1CCC(NCc2ccc(OC)nc2)CC1. The predicted octanol–water partition coefficient (Wildman–Crippen LogP) is 3.15. The van der Waals surface area contributed by atoms with Crippen LogP contribution in [0.1, 0.15) is 44.6 Å². The van der Waals surface area contributed by atoms with Crippen molar-refractivity contribution in [3.8, 4) is 5.88 Å². The monoisotopic (exact) mass is 248 g/mol. The van der Waals surface area contributed by atoms with Crippen LogP contribution in [-0.2, 0) is 6.54 Å². The lowest BCUT2D eigenvalue weighted by atomic mass is 9.84. The molecule has 0 saturated heterocycles. The molecule has 100 valence electrons. The zero-order valence-electron chi connectivity index (χ0n) is 11.5. The molecule has 0 amide bonds. The minimum absolute atomic E-state index is 0.683. The van der Waals surface area contributed by atoms with E-state index in [-0.39, 0.29) is 0 Å². The van der Waals surface area contributed by atoms with Gasteiger partial charge in [0.25, 0.3) is 0 Å². The fraction of sp³-hybridized carbons (Fsp3) is 0.667. The van der Waals surface area contributed by atoms with Gasteiger partial charge in [-0.15, -0.1) is 0 Å². The second kappa shape index (κ2) is 6.74. The van der Waals surface area contributed by atoms with Crippen molar-refractivity contribution in [3.05, 3.63) is 23.9 Å². The smallest absolute Gasteiger partial charge is 0.212 e. The van der Waals surface area contributed by atoms with Crippen LogP contribution < -0.4 is 10.1 Å². The van der Waals surface area contributed by atoms with Crippen molar-refractivity contribution in [2.24, 2.45) is 5.92 Å². The lowest BCUT2D eigenvalue weighted by Crippen LogP contribution is -2.32. The molecule has 0 atom stereocenters. The van der Waals surface area contributed by atoms with Crippen LogP contribution in [0, 0.1) is 5.92 Å². The second-order valence-electron chi connectivity index (χ2n) is 5.22. The number of rotatable bonds is 5. The minimum Gasteiger partial charge on any atom is -0.481 e. The first-order valence-corrected chi connectivity index (χ1v) is 7.04. The number of methoxy groups -OCH3 is 1. The minimum atomic E-state index is 0.683. The number of ether oxygens (including phenoxy) is 1. The van der Waals surface area contributed by atoms with Crippen LogP contribution in [0.3, 0.4) is 0 Å². The van der Waals surface area contributed by atoms with E-state index >= 15 is 0 Å². The third kappa shape index (κ3) is 3.70. The summed E-state index contributed by atoms with van der Waals surface area (Å²) in [5, 5.41) is 3.64. The summed E-state index contributed by atoms with van der Waals surface area (Å²) in [5.74, 6) is 1.65. The van der Waals surface area contributed by atoms with Gasteiger partial charge in [0.15, 0.2) is 0 Å². The van der Waals surface area contributed by atoms with Gasteiger partial charge in [-0.25, -0.2) is 4.98 Å². The molecule has 3 nitrogen and oxygen atoms in total. The molecule has 0 spiro atoms. The van der Waals surface area contributed by atoms with Gasteiger partial charge in [-0.3, -0.25) is 0 Å². The van der Waals surface area contributed by atoms with Gasteiger partial charge < -0.3 is 10.1 Å². The quantitative estimate of drug-likeness (QED) is 0.869. The highest BCUT2D eigenvalue weighted by Crippen LogP contribution is 2.26. The molecule has 0 bridgehead atoms. The van der Waals surface area contributed by atoms with Crippen molar-refractivity contribution >= 4 is 0 Å². The average Bonchev–Trinajstić information content (AvgIpc) is 2.46. The lowest BCUT2D eigenvalue weighted by Gasteiger charge is -2.28. The van der Waals surface area contributed by atoms with Crippen LogP contribution in [0.4, 0.5) is 0 Å². The van der Waals surface area contributed by atoms with E-state index in [1.807, 2.05) is 12.3 Å². The lowest BCUT2D eigenvalue weighted by molar-refractivity contribution is 0.285. The Labute approximate surface area is 110 Å². The maximum absolute atomic E-state index is 5.06. The van der Waals surface area contributed by atoms with Gasteiger partial charge in [0.2, 0.25) is 5.88 Å². The van der Waals surface area contributed by atoms with Crippen LogP contribution in [0.25, 0.3) is 0 Å². The first kappa shape index (κ1) is 13.3. The number of nitrogens with one attached hydrogen (secondary N) is 1. The zero-order valence-corrected chi connectivity index (χ0v) is 11.5. The number of hydrogen-bond donors (Lipinski definition) is 1. The molecule has 2 rings (SSSR count). The number of nitrogens with zero attached hydrogens (tertiary/aromatic N) is 1. The van der Waals surface area contributed by atoms with Gasteiger partial charge in [-0.2, -0.15) is 0 Å². The van der Waals surface area contributed by atoms with Crippen LogP contribution in [0.15, 0.2) is 18.3 Å². The number of pyridine rings is 1. The zero-order chi connectivity index (χ0) is 12.8. The highest BCUT2D eigenvalue weighted by atomic mass is 16.5. The molecule has 1 N–H and O–H groups in total. The fourth-order valence-electron chi connectivity index (χ4n) is 2.67. The van der Waals surface area contributed by atoms with Crippen LogP contribution in [0.5, 0.6) is 5.88 Å². The Bertz CT molecular complexity index is 342. The van der Waals surface area contributed by atoms with Crippen LogP contribution >= 0.6 is 0 Å². The molecule has 1 aliphatic rings. The topological polar surface area (TPSA) is 34.1 Å². The van der Waals surface area contributed by atoms with Gasteiger partial charge in [-0.1, -0.05) is 19.4 Å². The Morgan fingerprint density at radius 1 is 1.28 bits per heavy atom. The average molecular weight is 248 g/mol. The number of hydrogen-bond acceptors (Lipinski definition) is 3. The molecule has 18 heavy (non-hydrogen) atoms. The van der Waals surface area contributed by atoms with E-state index in [2.05, 4.69) is 23.3 Å². The molecular formula is C15H24N2O. The molecule has 0 radical (unpaired) electrons. The summed E-state index contributed by atoms with van der Waals surface area (Å²) in [5.41, 5.74) is 1.23. The molecule has 1 heterocycles. The van der Waals surface area contributed by atoms with Gasteiger partial charge in [0, 0.05) is 24.8 Å². The van der Waals surface area contributed by atoms with E-state index in [1.165, 1.54) is 37.7 Å². The third-order valence-electron chi connectivity index (χ3n) is 4.03. The second-order valence-corrected chi connectivity index (χ2v) is 5.22. The maximum atomic E-state index is 5.06. The molecule has 3 heteroatoms. The first-order chi connectivity index (χ1) is 8.81. The summed E-state index contributed by atoms with van der Waals surface area (Å²) in [4.78, 5) is 4.22. The highest BCUT2D eigenvalue weighted by molar-refractivity contribution is 5.17. The molecule has 0 unspecified atom stereocenters. The van der Waals surface area contributed by atoms with E-state index in [9.17, 15) is 0 Å². The van der Waals surface area contributed by atoms with Crippen molar-refractivity contribution in [1.82, 2.24) is 10.3 Å². The standard InChI is InChI=1S/C15H24N2O/c1-3-12-4-7-14(8-5-12)16-10-13-6-9-15(18-2)17-11-13/h6,9,11-12,14,16H,3-5,7-8,10H2,1-2H3. The predicted molar refractivity (Wildman–Crippen MR) is 73.7 cm³/mol. The molecule has 1 saturated carbocycles. The fourth-order valence-corrected chi connectivity index (χ4v) is 2.67. The maximum Gasteiger partial charge on any atom is 0.212 e. The molecule has 1 aromatic heterocycles. The summed E-state index contributed by atoms with van der Waals surface area (Å²) in [6, 6.07) is 4.69. The van der Waals surface area contributed by atoms with E-state index in [4.69, 9.17) is 4.74 Å². The molecule has 1 aromatic rings. The molecule has 0 aliphatic heterocycles. The Morgan fingerprint density at radius 2 is 2.06 bits per heavy atom. The van der Waals surface area contributed by atoms with Crippen molar-refractivity contribution in [3.63, 3.8) is 0 Å². The summed E-state index contributed by atoms with van der Waals surface area (Å²) in [7, 11) is 1.65. The van der Waals surface area contributed by atoms with Crippen molar-refractivity contribution in [2.45, 2.75) is 51.6 Å². The Morgan fingerprint density at radius 3 is 2.61 bits per heavy atom. The van der Waals surface area contributed by atoms with Gasteiger partial charge >= 0.3 is 0 Å². The normalized spacial score (nSPS) is 23.9. The molecule has 1 aliphatic carbocycles.